The average Bonchev–Trinajstić information content (AvgIpc) is 3.44. The predicted molar refractivity (Wildman–Crippen MR) is 133 cm³/mol. The van der Waals surface area contributed by atoms with E-state index < -0.39 is 30.5 Å². The summed E-state index contributed by atoms with van der Waals surface area (Å²) in [5, 5.41) is 27.2. The number of hydrogen-bond donors (Lipinski definition) is 4. The van der Waals surface area contributed by atoms with Crippen molar-refractivity contribution in [2.24, 2.45) is 0 Å². The van der Waals surface area contributed by atoms with Crippen molar-refractivity contribution in [3.8, 4) is 5.75 Å². The average molecular weight is 500 g/mol. The number of nitrogens with zero attached hydrogens (tertiary/aromatic N) is 5. The molecule has 3 heterocycles. The highest BCUT2D eigenvalue weighted by Gasteiger charge is 2.46. The van der Waals surface area contributed by atoms with Crippen LogP contribution in [0.15, 0.2) is 36.9 Å². The molecule has 3 aromatic rings. The Bertz CT molecular complexity index is 1170. The number of carbonyl (C=O) groups excluding carboxylic acids is 1. The minimum atomic E-state index is -1.15. The molecule has 1 aromatic carbocycles. The van der Waals surface area contributed by atoms with Gasteiger partial charge in [0.25, 0.3) is 0 Å². The lowest BCUT2D eigenvalue weighted by atomic mass is 10.0. The fourth-order valence-corrected chi connectivity index (χ4v) is 4.43. The molecule has 0 unspecified atom stereocenters. The van der Waals surface area contributed by atoms with Gasteiger partial charge in [0.2, 0.25) is 5.91 Å². The Kier molecular flexibility index (Phi) is 7.99. The van der Waals surface area contributed by atoms with Crippen LogP contribution < -0.4 is 20.3 Å². The molecule has 0 aliphatic carbocycles. The number of benzene rings is 1. The van der Waals surface area contributed by atoms with Crippen LogP contribution in [0.1, 0.15) is 18.7 Å². The van der Waals surface area contributed by atoms with E-state index in [1.807, 2.05) is 50.2 Å². The molecule has 12 nitrogen and oxygen atoms in total. The summed E-state index contributed by atoms with van der Waals surface area (Å²) >= 11 is 0. The van der Waals surface area contributed by atoms with Gasteiger partial charge in [-0.3, -0.25) is 9.36 Å². The first-order valence-corrected chi connectivity index (χ1v) is 11.8. The van der Waals surface area contributed by atoms with Crippen LogP contribution in [0.5, 0.6) is 5.75 Å². The lowest BCUT2D eigenvalue weighted by Gasteiger charge is -2.24. The van der Waals surface area contributed by atoms with Gasteiger partial charge in [0, 0.05) is 14.1 Å². The molecule has 1 saturated heterocycles. The van der Waals surface area contributed by atoms with Gasteiger partial charge in [-0.2, -0.15) is 0 Å². The molecule has 4 rings (SSSR count). The Labute approximate surface area is 209 Å². The number of aliphatic hydroxyl groups excluding tert-OH is 2. The maximum atomic E-state index is 13.3. The van der Waals surface area contributed by atoms with Crippen LogP contribution in [0.4, 0.5) is 5.82 Å². The van der Waals surface area contributed by atoms with Crippen molar-refractivity contribution < 1.29 is 24.5 Å². The lowest BCUT2D eigenvalue weighted by molar-refractivity contribution is -0.125. The van der Waals surface area contributed by atoms with E-state index in [-0.39, 0.29) is 12.5 Å². The van der Waals surface area contributed by atoms with E-state index in [0.717, 1.165) is 11.3 Å². The van der Waals surface area contributed by atoms with Crippen molar-refractivity contribution in [3.05, 3.63) is 42.5 Å². The zero-order valence-corrected chi connectivity index (χ0v) is 20.8. The summed E-state index contributed by atoms with van der Waals surface area (Å²) in [6.45, 7) is 2.12. The van der Waals surface area contributed by atoms with Crippen molar-refractivity contribution >= 4 is 22.9 Å². The summed E-state index contributed by atoms with van der Waals surface area (Å²) in [5.74, 6) is 1.06. The van der Waals surface area contributed by atoms with Gasteiger partial charge in [0.1, 0.15) is 24.3 Å². The first-order valence-electron chi connectivity index (χ1n) is 11.8. The van der Waals surface area contributed by atoms with Gasteiger partial charge in [0.15, 0.2) is 23.2 Å². The number of aliphatic hydroxyl groups is 2. The Balaban J connectivity index is 1.52. The SMILES string of the molecule is CCN[C@@H](Cc1ccc(OC)cc1)C(=O)N[C@H]1[C@@H](O)[C@H](n2cnc3c(N(C)C)ncnc32)O[C@@H]1CO. The van der Waals surface area contributed by atoms with E-state index in [0.29, 0.717) is 29.9 Å². The van der Waals surface area contributed by atoms with Gasteiger partial charge >= 0.3 is 0 Å². The largest absolute Gasteiger partial charge is 0.497 e. The van der Waals surface area contributed by atoms with Crippen molar-refractivity contribution in [2.45, 2.75) is 43.9 Å². The number of aromatic nitrogens is 4. The van der Waals surface area contributed by atoms with Gasteiger partial charge < -0.3 is 35.2 Å². The van der Waals surface area contributed by atoms with Gasteiger partial charge in [0.05, 0.1) is 32.1 Å². The third-order valence-electron chi connectivity index (χ3n) is 6.27. The summed E-state index contributed by atoms with van der Waals surface area (Å²) < 4.78 is 12.8. The zero-order chi connectivity index (χ0) is 25.8. The zero-order valence-electron chi connectivity index (χ0n) is 20.8. The van der Waals surface area contributed by atoms with Crippen LogP contribution in [0.2, 0.25) is 0 Å². The quantitative estimate of drug-likeness (QED) is 0.297. The highest BCUT2D eigenvalue weighted by molar-refractivity contribution is 5.83. The van der Waals surface area contributed by atoms with Crippen LogP contribution in [0, 0.1) is 0 Å². The number of rotatable bonds is 10. The highest BCUT2D eigenvalue weighted by atomic mass is 16.5. The summed E-state index contributed by atoms with van der Waals surface area (Å²) in [6, 6.07) is 6.13. The molecule has 0 spiro atoms. The molecular formula is C24H33N7O5. The molecule has 1 fully saturated rings. The molecule has 1 aliphatic heterocycles. The summed E-state index contributed by atoms with van der Waals surface area (Å²) in [5.41, 5.74) is 1.99. The molecule has 1 aliphatic rings. The van der Waals surface area contributed by atoms with Crippen molar-refractivity contribution in [2.75, 3.05) is 39.3 Å². The summed E-state index contributed by atoms with van der Waals surface area (Å²) in [7, 11) is 5.30. The maximum Gasteiger partial charge on any atom is 0.237 e. The number of carbonyl (C=O) groups is 1. The van der Waals surface area contributed by atoms with E-state index in [1.165, 1.54) is 12.7 Å². The standard InChI is InChI=1S/C24H33N7O5/c1-5-25-16(10-14-6-8-15(35-4)9-7-14)23(34)29-18-17(11-32)36-24(20(18)33)31-13-28-19-21(30(2)3)26-12-27-22(19)31/h6-9,12-13,16-18,20,24-25,32-33H,5,10-11H2,1-4H3,(H,29,34)/t16-,17+,18+,20+,24+/m0/s1. The van der Waals surface area contributed by atoms with Crippen molar-refractivity contribution in [3.63, 3.8) is 0 Å². The molecule has 0 saturated carbocycles. The number of hydrogen-bond acceptors (Lipinski definition) is 10. The lowest BCUT2D eigenvalue weighted by Crippen LogP contribution is -2.54. The number of nitrogens with one attached hydrogen (secondary N) is 2. The van der Waals surface area contributed by atoms with Crippen molar-refractivity contribution in [1.29, 1.82) is 0 Å². The minimum absolute atomic E-state index is 0.299. The van der Waals surface area contributed by atoms with E-state index in [1.54, 1.807) is 11.7 Å². The molecule has 4 N–H and O–H groups in total. The third kappa shape index (κ3) is 5.12. The summed E-state index contributed by atoms with van der Waals surface area (Å²) in [6.07, 6.45) is 0.511. The molecule has 5 atom stereocenters. The van der Waals surface area contributed by atoms with Gasteiger partial charge in [-0.1, -0.05) is 19.1 Å². The molecule has 194 valence electrons. The Morgan fingerprint density at radius 3 is 2.64 bits per heavy atom. The second-order valence-corrected chi connectivity index (χ2v) is 8.85. The van der Waals surface area contributed by atoms with E-state index >= 15 is 0 Å². The Hall–Kier alpha value is -3.32. The summed E-state index contributed by atoms with van der Waals surface area (Å²) in [4.78, 5) is 28.0. The van der Waals surface area contributed by atoms with Gasteiger partial charge in [-0.25, -0.2) is 15.0 Å². The molecule has 12 heteroatoms. The second-order valence-electron chi connectivity index (χ2n) is 8.85. The predicted octanol–water partition coefficient (Wildman–Crippen LogP) is -0.143. The topological polar surface area (TPSA) is 147 Å². The fourth-order valence-electron chi connectivity index (χ4n) is 4.43. The first kappa shape index (κ1) is 25.8. The van der Waals surface area contributed by atoms with E-state index in [9.17, 15) is 15.0 Å². The van der Waals surface area contributed by atoms with Gasteiger partial charge in [-0.05, 0) is 30.7 Å². The first-order chi connectivity index (χ1) is 17.4. The minimum Gasteiger partial charge on any atom is -0.497 e. The monoisotopic (exact) mass is 499 g/mol. The molecule has 1 amide bonds. The number of methoxy groups -OCH3 is 1. The smallest absolute Gasteiger partial charge is 0.237 e. The number of ether oxygens (including phenoxy) is 2. The van der Waals surface area contributed by atoms with E-state index in [4.69, 9.17) is 9.47 Å². The number of anilines is 1. The van der Waals surface area contributed by atoms with Crippen LogP contribution in [-0.2, 0) is 16.0 Å². The normalized spacial score (nSPS) is 22.5. The number of amides is 1. The third-order valence-corrected chi connectivity index (χ3v) is 6.27. The number of likely N-dealkylation sites (N-methyl/N-ethyl adjacent to an activating group) is 1. The molecular weight excluding hydrogens is 466 g/mol. The van der Waals surface area contributed by atoms with Crippen molar-refractivity contribution in [1.82, 2.24) is 30.2 Å². The van der Waals surface area contributed by atoms with Crippen LogP contribution in [-0.4, -0.2) is 94.3 Å². The van der Waals surface area contributed by atoms with Crippen LogP contribution >= 0.6 is 0 Å². The maximum absolute atomic E-state index is 13.3. The van der Waals surface area contributed by atoms with Gasteiger partial charge in [-0.15, -0.1) is 0 Å². The van der Waals surface area contributed by atoms with E-state index in [2.05, 4.69) is 25.6 Å². The fraction of sp³-hybridized carbons (Fsp3) is 0.500. The van der Waals surface area contributed by atoms with Crippen LogP contribution in [0.3, 0.4) is 0 Å². The number of imidazole rings is 1. The Morgan fingerprint density at radius 1 is 1.25 bits per heavy atom. The molecule has 0 bridgehead atoms. The highest BCUT2D eigenvalue weighted by Crippen LogP contribution is 2.32. The second kappa shape index (κ2) is 11.2. The number of fused-ring (bicyclic) bond motifs is 1. The molecule has 36 heavy (non-hydrogen) atoms. The van der Waals surface area contributed by atoms with Crippen LogP contribution in [0.25, 0.3) is 11.2 Å². The molecule has 0 radical (unpaired) electrons. The Morgan fingerprint density at radius 2 is 2.00 bits per heavy atom. The molecule has 2 aromatic heterocycles.